The number of carbonyl (C=O) groups is 2. The number of fused-ring (bicyclic) bond motifs is 1. The van der Waals surface area contributed by atoms with Crippen LogP contribution in [0.2, 0.25) is 0 Å². The van der Waals surface area contributed by atoms with Crippen LogP contribution < -0.4 is 26.4 Å². The van der Waals surface area contributed by atoms with Crippen LogP contribution in [0.1, 0.15) is 70.9 Å². The molecule has 464 valence electrons. The predicted molar refractivity (Wildman–Crippen MR) is 266 cm³/mol. The molecule has 0 saturated carbocycles. The van der Waals surface area contributed by atoms with E-state index in [9.17, 15) is 125 Å². The van der Waals surface area contributed by atoms with Crippen LogP contribution in [-0.2, 0) is 62.4 Å². The van der Waals surface area contributed by atoms with Gasteiger partial charge in [0.2, 0.25) is 17.8 Å². The lowest BCUT2D eigenvalue weighted by atomic mass is 9.12. The quantitative estimate of drug-likeness (QED) is 0.0323. The van der Waals surface area contributed by atoms with Gasteiger partial charge in [-0.05, 0) is 36.4 Å². The average molecular weight is 1270 g/mol. The topological polar surface area (TPSA) is 81.2 Å². The van der Waals surface area contributed by atoms with E-state index >= 15 is 0 Å². The first-order valence-electron chi connectivity index (χ1n) is 24.4. The number of hydrogen-bond acceptors (Lipinski definition) is 4. The van der Waals surface area contributed by atoms with E-state index in [0.717, 1.165) is 10.9 Å². The highest BCUT2D eigenvalue weighted by molar-refractivity contribution is 7.20. The van der Waals surface area contributed by atoms with Gasteiger partial charge in [-0.3, -0.25) is 19.7 Å². The number of aromatic nitrogens is 1. The molecule has 8 aromatic rings. The number of benzene rings is 7. The maximum atomic E-state index is 14.2. The summed E-state index contributed by atoms with van der Waals surface area (Å²) < 4.78 is 343. The smallest absolute Gasteiger partial charge is 0.294 e. The zero-order valence-corrected chi connectivity index (χ0v) is 43.2. The molecule has 0 aliphatic rings. The molecule has 0 fully saturated rings. The van der Waals surface area contributed by atoms with Crippen LogP contribution in [0.15, 0.2) is 164 Å². The number of nitro groups is 1. The molecular weight excluding hydrogens is 1240 g/mol. The number of pyridine rings is 1. The first-order chi connectivity index (χ1) is 40.3. The summed E-state index contributed by atoms with van der Waals surface area (Å²) in [7, 11) is 0. The third-order valence-electron chi connectivity index (χ3n) is 13.6. The standard InChI is InChI=1S/C32H12BF24.C25H19N2O4/c34-25(35,36)13-1-14(26(37,38)39)6-21(5-13)33(22-7-15(27(40,41)42)2-16(8-22)28(43,44)45,23-9-17(29(46,47)48)3-18(10-23)30(49,50)51)24-11-19(31(52,53)54)4-20(12-24)32(55,56)57;28-24(20-10-6-11-22(15-20)27(30)31)16-21-14-13-18-7-4-5-12-23(18)26(21)17-25(29)19-8-2-1-3-9-19/h1-12H;1-15H,16-17H2/q-1;+1. The van der Waals surface area contributed by atoms with Crippen molar-refractivity contribution in [2.75, 3.05) is 0 Å². The maximum Gasteiger partial charge on any atom is 0.416 e. The van der Waals surface area contributed by atoms with Gasteiger partial charge in [-0.15, -0.1) is 0 Å². The zero-order chi connectivity index (χ0) is 65.7. The van der Waals surface area contributed by atoms with Gasteiger partial charge in [0.1, 0.15) is 6.15 Å². The summed E-state index contributed by atoms with van der Waals surface area (Å²) in [4.78, 5) is 36.3. The highest BCUT2D eigenvalue weighted by Crippen LogP contribution is 2.42. The van der Waals surface area contributed by atoms with E-state index in [2.05, 4.69) is 0 Å². The molecule has 0 N–H and O–H groups in total. The second kappa shape index (κ2) is 23.6. The lowest BCUT2D eigenvalue weighted by Crippen LogP contribution is -2.75. The Balaban J connectivity index is 0.000000298. The molecule has 0 spiro atoms. The number of carbonyl (C=O) groups excluding carboxylic acids is 2. The molecule has 0 saturated heterocycles. The minimum Gasteiger partial charge on any atom is -0.294 e. The zero-order valence-electron chi connectivity index (χ0n) is 43.2. The van der Waals surface area contributed by atoms with E-state index in [1.165, 1.54) is 18.2 Å². The lowest BCUT2D eigenvalue weighted by Gasteiger charge is -2.46. The van der Waals surface area contributed by atoms with Crippen LogP contribution in [0.4, 0.5) is 111 Å². The van der Waals surface area contributed by atoms with Crippen molar-refractivity contribution in [3.05, 3.63) is 235 Å². The highest BCUT2D eigenvalue weighted by atomic mass is 19.4. The number of alkyl halides is 24. The van der Waals surface area contributed by atoms with Gasteiger partial charge in [0.15, 0.2) is 11.5 Å². The fourth-order valence-electron chi connectivity index (χ4n) is 9.64. The molecule has 0 radical (unpaired) electrons. The van der Waals surface area contributed by atoms with Crippen LogP contribution in [0.25, 0.3) is 10.9 Å². The van der Waals surface area contributed by atoms with Crippen molar-refractivity contribution in [2.24, 2.45) is 0 Å². The van der Waals surface area contributed by atoms with Crippen molar-refractivity contribution >= 4 is 56.2 Å². The molecule has 0 amide bonds. The molecule has 7 aromatic carbocycles. The SMILES string of the molecule is FC(F)(F)c1cc([B-](c2cc(C(F)(F)F)cc(C(F)(F)F)c2)(c2cc(C(F)(F)F)cc(C(F)(F)F)c2)c2cc(C(F)(F)F)cc(C(F)(F)F)c2)cc(C(F)(F)F)c1.O=C(Cc1ccc2ccccc2[n+]1CC(=O)c1ccccc1)c1cccc([N+](=O)[O-])c1. The van der Waals surface area contributed by atoms with Gasteiger partial charge in [-0.25, -0.2) is 0 Å². The van der Waals surface area contributed by atoms with E-state index in [0.29, 0.717) is 11.3 Å². The summed E-state index contributed by atoms with van der Waals surface area (Å²) in [6, 6.07) is 17.3. The second-order valence-corrected chi connectivity index (χ2v) is 19.4. The highest BCUT2D eigenvalue weighted by Gasteiger charge is 2.47. The Bertz CT molecular complexity index is 3520. The molecule has 88 heavy (non-hydrogen) atoms. The number of non-ortho nitro benzene ring substituents is 1. The number of ketones is 2. The van der Waals surface area contributed by atoms with Crippen LogP contribution >= 0.6 is 0 Å². The van der Waals surface area contributed by atoms with Gasteiger partial charge in [0.25, 0.3) is 5.69 Å². The van der Waals surface area contributed by atoms with Crippen molar-refractivity contribution in [3.63, 3.8) is 0 Å². The van der Waals surface area contributed by atoms with Gasteiger partial charge in [-0.2, -0.15) is 132 Å². The number of nitro benzene ring substituents is 1. The second-order valence-electron chi connectivity index (χ2n) is 19.4. The number of halogens is 24. The van der Waals surface area contributed by atoms with Crippen molar-refractivity contribution in [3.8, 4) is 0 Å². The van der Waals surface area contributed by atoms with Gasteiger partial charge in [0.05, 0.1) is 55.9 Å². The molecule has 0 aliphatic carbocycles. The molecule has 6 nitrogen and oxygen atoms in total. The maximum absolute atomic E-state index is 14.2. The first-order valence-corrected chi connectivity index (χ1v) is 24.4. The Morgan fingerprint density at radius 1 is 0.364 bits per heavy atom. The van der Waals surface area contributed by atoms with Crippen molar-refractivity contribution in [1.82, 2.24) is 0 Å². The predicted octanol–water partition coefficient (Wildman–Crippen LogP) is 15.6. The van der Waals surface area contributed by atoms with Crippen LogP contribution in [0.3, 0.4) is 0 Å². The number of Topliss-reactive ketones (excluding diaryl/α,β-unsaturated/α-hetero) is 2. The van der Waals surface area contributed by atoms with Gasteiger partial charge >= 0.3 is 49.4 Å². The number of nitrogens with zero attached hydrogens (tertiary/aromatic N) is 2. The molecule has 0 atom stereocenters. The van der Waals surface area contributed by atoms with Crippen molar-refractivity contribution < 1.29 is 124 Å². The monoisotopic (exact) mass is 1270 g/mol. The third-order valence-corrected chi connectivity index (χ3v) is 13.6. The molecular formula is C57H31BF24N2O4. The number of rotatable bonds is 11. The molecule has 1 aromatic heterocycles. The van der Waals surface area contributed by atoms with E-state index in [1.807, 2.05) is 59.2 Å². The Labute approximate surface area is 477 Å². The Hall–Kier alpha value is -8.93. The van der Waals surface area contributed by atoms with E-state index in [4.69, 9.17) is 0 Å². The van der Waals surface area contributed by atoms with Gasteiger partial charge < -0.3 is 0 Å². The summed E-state index contributed by atoms with van der Waals surface area (Å²) in [5, 5.41) is 12.0. The minimum absolute atomic E-state index is 0.0219. The average Bonchev–Trinajstić information content (AvgIpc) is 1.13. The Morgan fingerprint density at radius 2 is 0.682 bits per heavy atom. The minimum atomic E-state index is -6.13. The van der Waals surface area contributed by atoms with Crippen LogP contribution in [0, 0.1) is 10.1 Å². The molecule has 31 heteroatoms. The third kappa shape index (κ3) is 14.9. The van der Waals surface area contributed by atoms with E-state index < -0.39 is 200 Å². The molecule has 0 bridgehead atoms. The molecule has 1 heterocycles. The normalized spacial score (nSPS) is 13.0. The number of para-hydroxylation sites is 1. The summed E-state index contributed by atoms with van der Waals surface area (Å²) in [5.41, 5.74) is -28.0. The fourth-order valence-corrected chi connectivity index (χ4v) is 9.64. The van der Waals surface area contributed by atoms with E-state index in [-0.39, 0.29) is 35.8 Å². The van der Waals surface area contributed by atoms with Gasteiger partial charge in [-0.1, -0.05) is 103 Å². The summed E-state index contributed by atoms with van der Waals surface area (Å²) >= 11 is 0. The fraction of sp³-hybridized carbons (Fsp3) is 0.175. The Morgan fingerprint density at radius 3 is 1.01 bits per heavy atom. The summed E-state index contributed by atoms with van der Waals surface area (Å²) in [6.07, 6.45) is -54.8. The van der Waals surface area contributed by atoms with Gasteiger partial charge in [0, 0.05) is 40.8 Å². The summed E-state index contributed by atoms with van der Waals surface area (Å²) in [5.74, 6) is -0.314. The summed E-state index contributed by atoms with van der Waals surface area (Å²) in [6.45, 7) is 0.0862. The van der Waals surface area contributed by atoms with Crippen LogP contribution in [0.5, 0.6) is 0 Å². The van der Waals surface area contributed by atoms with Crippen molar-refractivity contribution in [2.45, 2.75) is 62.4 Å². The molecule has 0 aliphatic heterocycles. The molecule has 0 unspecified atom stereocenters. The molecule has 8 rings (SSSR count). The van der Waals surface area contributed by atoms with E-state index in [1.54, 1.807) is 18.2 Å². The first kappa shape index (κ1) is 66.6. The lowest BCUT2D eigenvalue weighted by molar-refractivity contribution is -0.664. The Kier molecular flexibility index (Phi) is 17.9. The largest absolute Gasteiger partial charge is 0.416 e. The number of hydrogen-bond donors (Lipinski definition) is 0. The van der Waals surface area contributed by atoms with Crippen LogP contribution in [-0.4, -0.2) is 22.6 Å². The van der Waals surface area contributed by atoms with Crippen molar-refractivity contribution in [1.29, 1.82) is 0 Å².